The van der Waals surface area contributed by atoms with E-state index < -0.39 is 0 Å². The van der Waals surface area contributed by atoms with Gasteiger partial charge in [0.2, 0.25) is 0 Å². The summed E-state index contributed by atoms with van der Waals surface area (Å²) in [4.78, 5) is 14.6. The van der Waals surface area contributed by atoms with Crippen LogP contribution in [0.5, 0.6) is 0 Å². The predicted molar refractivity (Wildman–Crippen MR) is 92.2 cm³/mol. The molecule has 2 nitrogen and oxygen atoms in total. The summed E-state index contributed by atoms with van der Waals surface area (Å²) in [5.74, 6) is 0.459. The lowest BCUT2D eigenvalue weighted by Gasteiger charge is -2.40. The second kappa shape index (κ2) is 6.29. The lowest BCUT2D eigenvalue weighted by atomic mass is 9.92. The summed E-state index contributed by atoms with van der Waals surface area (Å²) in [6, 6.07) is 22.8. The van der Waals surface area contributed by atoms with Gasteiger partial charge in [0.25, 0.3) is 0 Å². The molecule has 0 radical (unpaired) electrons. The lowest BCUT2D eigenvalue weighted by molar-refractivity contribution is -0.124. The highest BCUT2D eigenvalue weighted by molar-refractivity contribution is 5.81. The van der Waals surface area contributed by atoms with Gasteiger partial charge in [0.15, 0.2) is 0 Å². The van der Waals surface area contributed by atoms with Crippen molar-refractivity contribution in [2.45, 2.75) is 50.2 Å². The maximum Gasteiger partial charge on any atom is 0.136 e. The molecule has 0 spiro atoms. The second-order valence-electron chi connectivity index (χ2n) is 6.90. The number of carbonyl (C=O) groups is 1. The molecule has 0 saturated carbocycles. The second-order valence-corrected chi connectivity index (χ2v) is 6.90. The quantitative estimate of drug-likeness (QED) is 0.845. The van der Waals surface area contributed by atoms with Gasteiger partial charge in [-0.1, -0.05) is 60.7 Å². The van der Waals surface area contributed by atoms with Crippen LogP contribution in [0.15, 0.2) is 60.7 Å². The van der Waals surface area contributed by atoms with Crippen molar-refractivity contribution in [1.82, 2.24) is 4.90 Å². The van der Waals surface area contributed by atoms with Crippen LogP contribution in [-0.4, -0.2) is 22.8 Å². The van der Waals surface area contributed by atoms with Crippen molar-refractivity contribution in [3.63, 3.8) is 0 Å². The third kappa shape index (κ3) is 2.96. The Kier molecular flexibility index (Phi) is 4.00. The monoisotopic (exact) mass is 305 g/mol. The SMILES string of the molecule is O=C1CC2CCC(C1)N2C(Cc1ccccc1)c1ccccc1. The van der Waals surface area contributed by atoms with Gasteiger partial charge in [-0.25, -0.2) is 0 Å². The fourth-order valence-corrected chi connectivity index (χ4v) is 4.42. The molecule has 23 heavy (non-hydrogen) atoms. The molecule has 2 aromatic rings. The van der Waals surface area contributed by atoms with Crippen LogP contribution in [0.3, 0.4) is 0 Å². The van der Waals surface area contributed by atoms with Gasteiger partial charge >= 0.3 is 0 Å². The molecule has 2 aliphatic rings. The Hall–Kier alpha value is -1.93. The molecule has 2 bridgehead atoms. The average Bonchev–Trinajstić information content (AvgIpc) is 2.85. The Labute approximate surface area is 138 Å². The molecule has 2 heterocycles. The fraction of sp³-hybridized carbons (Fsp3) is 0.381. The molecule has 2 aliphatic heterocycles. The zero-order chi connectivity index (χ0) is 15.6. The summed E-state index contributed by atoms with van der Waals surface area (Å²) in [6.45, 7) is 0. The van der Waals surface area contributed by atoms with E-state index in [-0.39, 0.29) is 0 Å². The minimum Gasteiger partial charge on any atom is -0.300 e. The van der Waals surface area contributed by atoms with E-state index in [1.165, 1.54) is 24.0 Å². The highest BCUT2D eigenvalue weighted by Crippen LogP contribution is 2.41. The van der Waals surface area contributed by atoms with Crippen molar-refractivity contribution in [2.24, 2.45) is 0 Å². The summed E-state index contributed by atoms with van der Waals surface area (Å²) in [5.41, 5.74) is 2.75. The molecular weight excluding hydrogens is 282 g/mol. The third-order valence-corrected chi connectivity index (χ3v) is 5.42. The van der Waals surface area contributed by atoms with Crippen LogP contribution in [0.2, 0.25) is 0 Å². The summed E-state index contributed by atoms with van der Waals surface area (Å²) in [7, 11) is 0. The van der Waals surface area contributed by atoms with Gasteiger partial charge in [-0.3, -0.25) is 9.69 Å². The average molecular weight is 305 g/mol. The number of piperidine rings is 1. The topological polar surface area (TPSA) is 20.3 Å². The highest BCUT2D eigenvalue weighted by Gasteiger charge is 2.43. The van der Waals surface area contributed by atoms with E-state index in [9.17, 15) is 4.79 Å². The lowest BCUT2D eigenvalue weighted by Crippen LogP contribution is -2.45. The number of fused-ring (bicyclic) bond motifs is 2. The Morgan fingerprint density at radius 3 is 2.04 bits per heavy atom. The van der Waals surface area contributed by atoms with Gasteiger partial charge in [0.1, 0.15) is 5.78 Å². The molecule has 0 N–H and O–H groups in total. The molecule has 0 amide bonds. The van der Waals surface area contributed by atoms with Crippen molar-refractivity contribution in [3.05, 3.63) is 71.8 Å². The van der Waals surface area contributed by atoms with E-state index in [0.717, 1.165) is 19.3 Å². The molecule has 2 fully saturated rings. The van der Waals surface area contributed by atoms with E-state index >= 15 is 0 Å². The van der Waals surface area contributed by atoms with Gasteiger partial charge in [-0.05, 0) is 30.4 Å². The number of benzene rings is 2. The van der Waals surface area contributed by atoms with Gasteiger partial charge in [-0.15, -0.1) is 0 Å². The van der Waals surface area contributed by atoms with Crippen LogP contribution < -0.4 is 0 Å². The zero-order valence-corrected chi connectivity index (χ0v) is 13.4. The fourth-order valence-electron chi connectivity index (χ4n) is 4.42. The molecule has 3 unspecified atom stereocenters. The number of ketones is 1. The van der Waals surface area contributed by atoms with Crippen LogP contribution in [-0.2, 0) is 11.2 Å². The number of carbonyl (C=O) groups excluding carboxylic acids is 1. The first kappa shape index (κ1) is 14.6. The van der Waals surface area contributed by atoms with Crippen LogP contribution in [0, 0.1) is 0 Å². The Morgan fingerprint density at radius 1 is 0.870 bits per heavy atom. The van der Waals surface area contributed by atoms with Crippen molar-refractivity contribution < 1.29 is 4.79 Å². The molecule has 2 heteroatoms. The number of rotatable bonds is 4. The first-order valence-corrected chi connectivity index (χ1v) is 8.69. The van der Waals surface area contributed by atoms with Crippen LogP contribution in [0.25, 0.3) is 0 Å². The van der Waals surface area contributed by atoms with Gasteiger partial charge < -0.3 is 0 Å². The molecule has 0 aliphatic carbocycles. The normalized spacial score (nSPS) is 25.5. The summed E-state index contributed by atoms with van der Waals surface area (Å²) in [5, 5.41) is 0. The molecular formula is C21H23NO. The smallest absolute Gasteiger partial charge is 0.136 e. The summed E-state index contributed by atoms with van der Waals surface area (Å²) >= 11 is 0. The molecule has 3 atom stereocenters. The van der Waals surface area contributed by atoms with Gasteiger partial charge in [0, 0.05) is 31.0 Å². The number of hydrogen-bond donors (Lipinski definition) is 0. The first-order chi connectivity index (χ1) is 11.3. The Balaban J connectivity index is 1.67. The zero-order valence-electron chi connectivity index (χ0n) is 13.4. The number of Topliss-reactive ketones (excluding diaryl/α,β-unsaturated/α-hetero) is 1. The largest absolute Gasteiger partial charge is 0.300 e. The standard InChI is InChI=1S/C21H23NO/c23-20-14-18-11-12-19(15-20)22(18)21(17-9-5-2-6-10-17)13-16-7-3-1-4-8-16/h1-10,18-19,21H,11-15H2. The third-order valence-electron chi connectivity index (χ3n) is 5.42. The maximum atomic E-state index is 12.0. The summed E-state index contributed by atoms with van der Waals surface area (Å²) in [6.07, 6.45) is 4.86. The molecule has 0 aromatic heterocycles. The van der Waals surface area contributed by atoms with Crippen LogP contribution in [0.1, 0.15) is 42.9 Å². The van der Waals surface area contributed by atoms with Crippen LogP contribution >= 0.6 is 0 Å². The number of nitrogens with zero attached hydrogens (tertiary/aromatic N) is 1. The van der Waals surface area contributed by atoms with Crippen molar-refractivity contribution in [2.75, 3.05) is 0 Å². The molecule has 2 aromatic carbocycles. The minimum absolute atomic E-state index is 0.379. The molecule has 2 saturated heterocycles. The van der Waals surface area contributed by atoms with Crippen molar-refractivity contribution in [3.8, 4) is 0 Å². The Bertz CT molecular complexity index is 651. The van der Waals surface area contributed by atoms with Crippen molar-refractivity contribution >= 4 is 5.78 Å². The summed E-state index contributed by atoms with van der Waals surface area (Å²) < 4.78 is 0. The van der Waals surface area contributed by atoms with E-state index in [1.54, 1.807) is 0 Å². The minimum atomic E-state index is 0.379. The van der Waals surface area contributed by atoms with E-state index in [2.05, 4.69) is 65.6 Å². The first-order valence-electron chi connectivity index (χ1n) is 8.69. The van der Waals surface area contributed by atoms with E-state index in [1.807, 2.05) is 0 Å². The van der Waals surface area contributed by atoms with Crippen molar-refractivity contribution in [1.29, 1.82) is 0 Å². The predicted octanol–water partition coefficient (Wildman–Crippen LogP) is 4.17. The maximum absolute atomic E-state index is 12.0. The molecule has 4 rings (SSSR count). The van der Waals surface area contributed by atoms with Gasteiger partial charge in [0.05, 0.1) is 0 Å². The van der Waals surface area contributed by atoms with Gasteiger partial charge in [-0.2, -0.15) is 0 Å². The van der Waals surface area contributed by atoms with E-state index in [4.69, 9.17) is 0 Å². The number of hydrogen-bond acceptors (Lipinski definition) is 2. The van der Waals surface area contributed by atoms with Crippen LogP contribution in [0.4, 0.5) is 0 Å². The molecule has 118 valence electrons. The van der Waals surface area contributed by atoms with E-state index in [0.29, 0.717) is 23.9 Å². The highest BCUT2D eigenvalue weighted by atomic mass is 16.1. The Morgan fingerprint density at radius 2 is 1.43 bits per heavy atom.